The maximum absolute atomic E-state index is 12.3. The van der Waals surface area contributed by atoms with Gasteiger partial charge in [0.25, 0.3) is 0 Å². The van der Waals surface area contributed by atoms with E-state index in [9.17, 15) is 9.59 Å². The largest absolute Gasteiger partial charge is 0.486 e. The molecule has 1 aliphatic heterocycles. The van der Waals surface area contributed by atoms with Crippen molar-refractivity contribution in [3.05, 3.63) is 53.6 Å². The number of benzene rings is 2. The van der Waals surface area contributed by atoms with Gasteiger partial charge in [-0.3, -0.25) is 15.0 Å². The highest BCUT2D eigenvalue weighted by Crippen LogP contribution is 2.31. The van der Waals surface area contributed by atoms with E-state index in [1.54, 1.807) is 0 Å². The van der Waals surface area contributed by atoms with Gasteiger partial charge in [0.05, 0.1) is 6.54 Å². The van der Waals surface area contributed by atoms with Gasteiger partial charge in [0, 0.05) is 12.2 Å². The Morgan fingerprint density at radius 2 is 1.86 bits per heavy atom. The molecule has 0 saturated heterocycles. The fourth-order valence-electron chi connectivity index (χ4n) is 3.16. The molecular formula is C22H27N3O4. The second-order valence-corrected chi connectivity index (χ2v) is 7.08. The maximum Gasteiger partial charge on any atom is 0.325 e. The molecule has 0 aromatic heterocycles. The molecule has 7 nitrogen and oxygen atoms in total. The number of hydrogen-bond acceptors (Lipinski definition) is 5. The summed E-state index contributed by atoms with van der Waals surface area (Å²) in [5.41, 5.74) is 2.73. The van der Waals surface area contributed by atoms with Crippen LogP contribution < -0.4 is 20.1 Å². The van der Waals surface area contributed by atoms with Crippen LogP contribution in [0.1, 0.15) is 18.1 Å². The third-order valence-corrected chi connectivity index (χ3v) is 4.95. The van der Waals surface area contributed by atoms with E-state index in [1.807, 2.05) is 68.1 Å². The van der Waals surface area contributed by atoms with Crippen molar-refractivity contribution in [1.29, 1.82) is 0 Å². The van der Waals surface area contributed by atoms with Gasteiger partial charge in [-0.2, -0.15) is 0 Å². The summed E-state index contributed by atoms with van der Waals surface area (Å²) >= 11 is 0. The Balaban J connectivity index is 1.49. The monoisotopic (exact) mass is 397 g/mol. The number of hydrogen-bond donors (Lipinski definition) is 2. The molecule has 2 aromatic rings. The van der Waals surface area contributed by atoms with Crippen molar-refractivity contribution >= 4 is 17.6 Å². The number of rotatable bonds is 6. The normalized spacial score (nSPS) is 15.1. The highest BCUT2D eigenvalue weighted by Gasteiger charge is 2.24. The van der Waals surface area contributed by atoms with Crippen LogP contribution in [-0.4, -0.2) is 49.2 Å². The summed E-state index contributed by atoms with van der Waals surface area (Å²) in [4.78, 5) is 26.4. The number of likely N-dealkylation sites (N-methyl/N-ethyl adjacent to an activating group) is 1. The third-order valence-electron chi connectivity index (χ3n) is 4.95. The van der Waals surface area contributed by atoms with Gasteiger partial charge in [-0.05, 0) is 49.7 Å². The van der Waals surface area contributed by atoms with Crippen LogP contribution in [-0.2, 0) is 4.79 Å². The number of carbonyl (C=O) groups excluding carboxylic acids is 2. The van der Waals surface area contributed by atoms with E-state index in [-0.39, 0.29) is 18.6 Å². The molecule has 0 unspecified atom stereocenters. The highest BCUT2D eigenvalue weighted by molar-refractivity contribution is 6.02. The Kier molecular flexibility index (Phi) is 6.72. The number of nitrogens with one attached hydrogen (secondary N) is 2. The first-order chi connectivity index (χ1) is 14.0. The molecule has 0 radical (unpaired) electrons. The summed E-state index contributed by atoms with van der Waals surface area (Å²) in [7, 11) is 0. The topological polar surface area (TPSA) is 79.9 Å². The number of amides is 3. The Bertz CT molecular complexity index is 884. The molecule has 1 aliphatic rings. The van der Waals surface area contributed by atoms with Crippen LogP contribution in [0.5, 0.6) is 11.5 Å². The molecule has 0 bridgehead atoms. The van der Waals surface area contributed by atoms with Gasteiger partial charge < -0.3 is 14.8 Å². The number of nitrogens with zero attached hydrogens (tertiary/aromatic N) is 1. The van der Waals surface area contributed by atoms with E-state index in [0.29, 0.717) is 31.1 Å². The van der Waals surface area contributed by atoms with Crippen molar-refractivity contribution in [1.82, 2.24) is 10.2 Å². The van der Waals surface area contributed by atoms with E-state index in [1.165, 1.54) is 0 Å². The number of aryl methyl sites for hydroxylation is 1. The molecule has 0 spiro atoms. The lowest BCUT2D eigenvalue weighted by Crippen LogP contribution is -2.46. The molecule has 3 rings (SSSR count). The molecule has 0 aliphatic carbocycles. The zero-order chi connectivity index (χ0) is 20.8. The number of carbonyl (C=O) groups is 2. The van der Waals surface area contributed by atoms with E-state index in [4.69, 9.17) is 9.47 Å². The number of anilines is 1. The molecule has 154 valence electrons. The quantitative estimate of drug-likeness (QED) is 0.783. The Labute approximate surface area is 171 Å². The molecule has 1 atom stereocenters. The van der Waals surface area contributed by atoms with E-state index in [2.05, 4.69) is 10.6 Å². The molecule has 0 fully saturated rings. The Morgan fingerprint density at radius 3 is 2.62 bits per heavy atom. The predicted octanol–water partition coefficient (Wildman–Crippen LogP) is 3.11. The van der Waals surface area contributed by atoms with Crippen molar-refractivity contribution < 1.29 is 19.1 Å². The van der Waals surface area contributed by atoms with Crippen molar-refractivity contribution in [3.63, 3.8) is 0 Å². The second kappa shape index (κ2) is 9.43. The number of urea groups is 1. The lowest BCUT2D eigenvalue weighted by Gasteiger charge is -2.30. The summed E-state index contributed by atoms with van der Waals surface area (Å²) in [6.45, 7) is 7.54. The molecule has 3 amide bonds. The number of imide groups is 1. The van der Waals surface area contributed by atoms with Gasteiger partial charge in [0.15, 0.2) is 11.5 Å². The molecule has 7 heteroatoms. The standard InChI is InChI=1S/C22H27N3O4/c1-4-25(12-17-14-28-19-10-5-6-11-20(19)29-17)13-21(26)24-22(27)23-18-9-7-8-15(2)16(18)3/h5-11,17H,4,12-14H2,1-3H3,(H2,23,24,26,27)/t17-/m0/s1. The van der Waals surface area contributed by atoms with E-state index >= 15 is 0 Å². The first-order valence-corrected chi connectivity index (χ1v) is 9.74. The highest BCUT2D eigenvalue weighted by atomic mass is 16.6. The van der Waals surface area contributed by atoms with Crippen molar-refractivity contribution in [2.75, 3.05) is 31.6 Å². The average Bonchev–Trinajstić information content (AvgIpc) is 2.70. The lowest BCUT2D eigenvalue weighted by atomic mass is 10.1. The number of fused-ring (bicyclic) bond motifs is 1. The smallest absolute Gasteiger partial charge is 0.325 e. The Hall–Kier alpha value is -3.06. The SMILES string of the molecule is CCN(CC(=O)NC(=O)Nc1cccc(C)c1C)C[C@H]1COc2ccccc2O1. The lowest BCUT2D eigenvalue weighted by molar-refractivity contribution is -0.121. The van der Waals surface area contributed by atoms with Gasteiger partial charge in [0.2, 0.25) is 5.91 Å². The maximum atomic E-state index is 12.3. The fraction of sp³-hybridized carbons (Fsp3) is 0.364. The minimum absolute atomic E-state index is 0.0955. The molecular weight excluding hydrogens is 370 g/mol. The van der Waals surface area contributed by atoms with Crippen LogP contribution in [0.15, 0.2) is 42.5 Å². The van der Waals surface area contributed by atoms with Crippen molar-refractivity contribution in [3.8, 4) is 11.5 Å². The summed E-state index contributed by atoms with van der Waals surface area (Å²) in [5.74, 6) is 1.07. The summed E-state index contributed by atoms with van der Waals surface area (Å²) in [6.07, 6.45) is -0.179. The average molecular weight is 397 g/mol. The molecule has 2 N–H and O–H groups in total. The van der Waals surface area contributed by atoms with Crippen LogP contribution in [0.2, 0.25) is 0 Å². The minimum atomic E-state index is -0.536. The van der Waals surface area contributed by atoms with Crippen LogP contribution in [0, 0.1) is 13.8 Å². The fourth-order valence-corrected chi connectivity index (χ4v) is 3.16. The van der Waals surface area contributed by atoms with Crippen molar-refractivity contribution in [2.45, 2.75) is 26.9 Å². The van der Waals surface area contributed by atoms with Crippen LogP contribution in [0.4, 0.5) is 10.5 Å². The summed E-state index contributed by atoms with van der Waals surface area (Å²) in [5, 5.41) is 5.12. The number of ether oxygens (including phenoxy) is 2. The first kappa shape index (κ1) is 20.7. The second-order valence-electron chi connectivity index (χ2n) is 7.08. The predicted molar refractivity (Wildman–Crippen MR) is 112 cm³/mol. The van der Waals surface area contributed by atoms with Crippen LogP contribution in [0.3, 0.4) is 0 Å². The number of para-hydroxylation sites is 2. The molecule has 0 saturated carbocycles. The minimum Gasteiger partial charge on any atom is -0.486 e. The third kappa shape index (κ3) is 5.48. The zero-order valence-corrected chi connectivity index (χ0v) is 17.0. The molecule has 29 heavy (non-hydrogen) atoms. The summed E-state index contributed by atoms with van der Waals surface area (Å²) in [6, 6.07) is 12.6. The van der Waals surface area contributed by atoms with Gasteiger partial charge in [-0.1, -0.05) is 31.2 Å². The van der Waals surface area contributed by atoms with E-state index in [0.717, 1.165) is 16.9 Å². The first-order valence-electron chi connectivity index (χ1n) is 9.74. The van der Waals surface area contributed by atoms with Crippen molar-refractivity contribution in [2.24, 2.45) is 0 Å². The zero-order valence-electron chi connectivity index (χ0n) is 17.0. The van der Waals surface area contributed by atoms with Crippen LogP contribution >= 0.6 is 0 Å². The van der Waals surface area contributed by atoms with E-state index < -0.39 is 6.03 Å². The van der Waals surface area contributed by atoms with Gasteiger partial charge in [-0.15, -0.1) is 0 Å². The Morgan fingerprint density at radius 1 is 1.10 bits per heavy atom. The molecule has 2 aromatic carbocycles. The van der Waals surface area contributed by atoms with Gasteiger partial charge in [-0.25, -0.2) is 4.79 Å². The summed E-state index contributed by atoms with van der Waals surface area (Å²) < 4.78 is 11.7. The van der Waals surface area contributed by atoms with Crippen LogP contribution in [0.25, 0.3) is 0 Å². The van der Waals surface area contributed by atoms with Gasteiger partial charge >= 0.3 is 6.03 Å². The van der Waals surface area contributed by atoms with Gasteiger partial charge in [0.1, 0.15) is 12.7 Å². The molecule has 1 heterocycles.